The molecular weight excluding hydrogens is 579 g/mol. The summed E-state index contributed by atoms with van der Waals surface area (Å²) in [5.74, 6) is 0.0905. The highest BCUT2D eigenvalue weighted by Crippen LogP contribution is 2.40. The zero-order chi connectivity index (χ0) is 33.5. The minimum absolute atomic E-state index is 0.0739. The zero-order valence-corrected chi connectivity index (χ0v) is 31.1. The van der Waals surface area contributed by atoms with Gasteiger partial charge in [0.1, 0.15) is 15.1 Å². The predicted octanol–water partition coefficient (Wildman–Crippen LogP) is 5.89. The second-order valence-corrected chi connectivity index (χ2v) is 19.9. The number of likely N-dealkylation sites (N-methyl/N-ethyl adjacent to an activating group) is 2. The molecule has 3 aromatic rings. The number of fused-ring (bicyclic) bond motifs is 4. The lowest BCUT2D eigenvalue weighted by Crippen LogP contribution is -2.64. The van der Waals surface area contributed by atoms with Crippen LogP contribution in [0.5, 0.6) is 0 Å². The number of amides is 1. The van der Waals surface area contributed by atoms with Gasteiger partial charge in [-0.05, 0) is 108 Å². The second kappa shape index (κ2) is 10.9. The molecule has 1 amide bonds. The van der Waals surface area contributed by atoms with Gasteiger partial charge in [0.2, 0.25) is 5.36 Å². The smallest absolute Gasteiger partial charge is 0.254 e. The molecule has 3 aliphatic heterocycles. The Morgan fingerprint density at radius 1 is 0.891 bits per heavy atom. The Kier molecular flexibility index (Phi) is 7.67. The van der Waals surface area contributed by atoms with Crippen molar-refractivity contribution in [1.82, 2.24) is 9.48 Å². The molecule has 0 bridgehead atoms. The van der Waals surface area contributed by atoms with Crippen LogP contribution in [-0.2, 0) is 0 Å². The summed E-state index contributed by atoms with van der Waals surface area (Å²) in [6.07, 6.45) is 6.84. The summed E-state index contributed by atoms with van der Waals surface area (Å²) in [6, 6.07) is 18.2. The van der Waals surface area contributed by atoms with Crippen LogP contribution in [-0.4, -0.2) is 57.6 Å². The van der Waals surface area contributed by atoms with Gasteiger partial charge in [0.15, 0.2) is 5.54 Å². The molecule has 3 aliphatic rings. The normalized spacial score (nSPS) is 18.6. The highest BCUT2D eigenvalue weighted by Gasteiger charge is 2.41. The van der Waals surface area contributed by atoms with E-state index >= 15 is 0 Å². The summed E-state index contributed by atoms with van der Waals surface area (Å²) in [6.45, 7) is 21.7. The van der Waals surface area contributed by atoms with E-state index in [1.54, 1.807) is 0 Å². The number of hydrogen-bond acceptors (Lipinski definition) is 2. The van der Waals surface area contributed by atoms with Crippen LogP contribution < -0.4 is 30.4 Å². The van der Waals surface area contributed by atoms with Gasteiger partial charge in [-0.3, -0.25) is 4.79 Å². The summed E-state index contributed by atoms with van der Waals surface area (Å²) in [5, 5.41) is 5.47. The van der Waals surface area contributed by atoms with Crippen molar-refractivity contribution >= 4 is 46.8 Å². The quantitative estimate of drug-likeness (QED) is 0.260. The summed E-state index contributed by atoms with van der Waals surface area (Å²) >= 11 is 0. The van der Waals surface area contributed by atoms with Gasteiger partial charge in [-0.1, -0.05) is 50.7 Å². The van der Waals surface area contributed by atoms with Gasteiger partial charge in [-0.15, -0.1) is 0 Å². The Bertz CT molecular complexity index is 1990. The number of anilines is 1. The maximum atomic E-state index is 14.2. The molecule has 4 nitrogen and oxygen atoms in total. The molecule has 0 aliphatic carbocycles. The largest absolute Gasteiger partial charge is 0.366 e. The third-order valence-electron chi connectivity index (χ3n) is 11.2. The van der Waals surface area contributed by atoms with E-state index in [0.717, 1.165) is 30.5 Å². The summed E-state index contributed by atoms with van der Waals surface area (Å²) in [5.41, 5.74) is 10.6. The molecule has 0 fully saturated rings. The first-order chi connectivity index (χ1) is 21.5. The number of carbonyl (C=O) groups is 1. The summed E-state index contributed by atoms with van der Waals surface area (Å²) in [4.78, 5) is 18.5. The van der Waals surface area contributed by atoms with Crippen molar-refractivity contribution in [3.05, 3.63) is 99.1 Å². The Hall–Kier alpha value is -3.70. The van der Waals surface area contributed by atoms with Crippen molar-refractivity contribution in [2.24, 2.45) is 0 Å². The molecular formula is C41H52N3OSi+. The van der Waals surface area contributed by atoms with Crippen LogP contribution >= 0.6 is 0 Å². The van der Waals surface area contributed by atoms with Crippen LogP contribution in [0.15, 0.2) is 60.7 Å². The fourth-order valence-electron chi connectivity index (χ4n) is 8.01. The molecule has 240 valence electrons. The predicted molar refractivity (Wildman–Crippen MR) is 200 cm³/mol. The molecule has 0 saturated heterocycles. The van der Waals surface area contributed by atoms with E-state index in [0.29, 0.717) is 0 Å². The number of carbonyl (C=O) groups excluding carboxylic acids is 1. The lowest BCUT2D eigenvalue weighted by atomic mass is 9.84. The summed E-state index contributed by atoms with van der Waals surface area (Å²) in [7, 11) is 4.19. The van der Waals surface area contributed by atoms with E-state index in [1.807, 2.05) is 24.1 Å². The third-order valence-corrected chi connectivity index (χ3v) is 14.7. The van der Waals surface area contributed by atoms with Crippen LogP contribution in [0.4, 0.5) is 5.69 Å². The number of unbranched alkanes of at least 4 members (excludes halogenated alkanes) is 1. The molecule has 0 saturated carbocycles. The van der Waals surface area contributed by atoms with E-state index in [1.165, 1.54) is 60.0 Å². The molecule has 0 spiro atoms. The van der Waals surface area contributed by atoms with Gasteiger partial charge in [-0.25, -0.2) is 4.58 Å². The monoisotopic (exact) mass is 630 g/mol. The van der Waals surface area contributed by atoms with E-state index in [4.69, 9.17) is 0 Å². The van der Waals surface area contributed by atoms with Crippen LogP contribution in [0.2, 0.25) is 13.1 Å². The number of rotatable bonds is 5. The molecule has 46 heavy (non-hydrogen) atoms. The van der Waals surface area contributed by atoms with Crippen LogP contribution in [0.1, 0.15) is 93.9 Å². The van der Waals surface area contributed by atoms with Gasteiger partial charge in [0.05, 0.1) is 5.54 Å². The summed E-state index contributed by atoms with van der Waals surface area (Å²) < 4.78 is 2.44. The number of benzene rings is 3. The van der Waals surface area contributed by atoms with Crippen molar-refractivity contribution < 1.29 is 4.79 Å². The molecule has 5 heteroatoms. The molecule has 0 unspecified atom stereocenters. The fraction of sp³-hybridized carbons (Fsp3) is 0.415. The standard InChI is InChI=1S/C41H52N3OSi/c1-13-14-19-42(8)39(45)29-18-16-15-17-28(29)38-32-20-30-26(2)24-40(4,5)43(9)34(30)22-36(32)46(11,12)37-23-35-31(21-33(37)38)27(3)25-41(6,7)44(35)10/h15-18,20-25H,13-14,19H2,1-12H3/q+1. The molecule has 3 heterocycles. The first kappa shape index (κ1) is 32.2. The van der Waals surface area contributed by atoms with Gasteiger partial charge in [0.25, 0.3) is 5.91 Å². The van der Waals surface area contributed by atoms with Crippen LogP contribution in [0.3, 0.4) is 0 Å². The maximum Gasteiger partial charge on any atom is 0.254 e. The van der Waals surface area contributed by atoms with Crippen molar-refractivity contribution in [2.75, 3.05) is 32.6 Å². The molecule has 0 aromatic heterocycles. The Labute approximate surface area is 277 Å². The fourth-order valence-corrected chi connectivity index (χ4v) is 11.0. The Balaban J connectivity index is 1.77. The molecule has 3 aromatic carbocycles. The molecule has 6 rings (SSSR count). The van der Waals surface area contributed by atoms with E-state index in [-0.39, 0.29) is 17.0 Å². The van der Waals surface area contributed by atoms with Crippen molar-refractivity contribution in [1.29, 1.82) is 0 Å². The van der Waals surface area contributed by atoms with Crippen molar-refractivity contribution in [2.45, 2.75) is 85.5 Å². The average molecular weight is 631 g/mol. The van der Waals surface area contributed by atoms with Gasteiger partial charge in [-0.2, -0.15) is 0 Å². The maximum absolute atomic E-state index is 14.2. The molecule has 0 N–H and O–H groups in total. The van der Waals surface area contributed by atoms with Crippen LogP contribution in [0, 0.1) is 0 Å². The topological polar surface area (TPSA) is 26.6 Å². The third kappa shape index (κ3) is 4.85. The number of allylic oxidation sites excluding steroid dienone is 2. The first-order valence-corrected chi connectivity index (χ1v) is 20.0. The average Bonchev–Trinajstić information content (AvgIpc) is 3.00. The van der Waals surface area contributed by atoms with E-state index in [9.17, 15) is 4.79 Å². The van der Waals surface area contributed by atoms with Gasteiger partial charge >= 0.3 is 0 Å². The minimum atomic E-state index is -2.21. The molecule has 0 atom stereocenters. The highest BCUT2D eigenvalue weighted by molar-refractivity contribution is 7.01. The lowest BCUT2D eigenvalue weighted by molar-refractivity contribution is 0.0793. The van der Waals surface area contributed by atoms with Crippen molar-refractivity contribution in [3.8, 4) is 0 Å². The number of hydrogen-bond donors (Lipinski definition) is 0. The molecule has 0 radical (unpaired) electrons. The SMILES string of the molecule is CCCCN(C)C(=O)c1ccccc1C1=c2cc3c(cc2[Si](C)(C)c2cc4c(cc21)C(C)=CC(C)(C)N4C)=[N+](C)C(C)(C)C=C3C. The number of nitrogens with zero attached hydrogens (tertiary/aromatic N) is 3. The Morgan fingerprint density at radius 2 is 1.57 bits per heavy atom. The second-order valence-electron chi connectivity index (χ2n) is 15.5. The van der Waals surface area contributed by atoms with Crippen molar-refractivity contribution in [3.63, 3.8) is 0 Å². The Morgan fingerprint density at radius 3 is 2.26 bits per heavy atom. The minimum Gasteiger partial charge on any atom is -0.366 e. The van der Waals surface area contributed by atoms with E-state index in [2.05, 4.69) is 134 Å². The zero-order valence-electron chi connectivity index (χ0n) is 30.1. The van der Waals surface area contributed by atoms with E-state index < -0.39 is 8.07 Å². The van der Waals surface area contributed by atoms with Gasteiger partial charge in [0, 0.05) is 62.9 Å². The first-order valence-electron chi connectivity index (χ1n) is 17.0. The van der Waals surface area contributed by atoms with Gasteiger partial charge < -0.3 is 9.80 Å². The van der Waals surface area contributed by atoms with Crippen LogP contribution in [0.25, 0.3) is 16.7 Å². The lowest BCUT2D eigenvalue weighted by Gasteiger charge is -2.43. The highest BCUT2D eigenvalue weighted by atomic mass is 28.3.